The monoisotopic (exact) mass is 638 g/mol. The van der Waals surface area contributed by atoms with Crippen LogP contribution in [0.1, 0.15) is 62.3 Å². The summed E-state index contributed by atoms with van der Waals surface area (Å²) >= 11 is 0. The van der Waals surface area contributed by atoms with Crippen LogP contribution in [0, 0.1) is 0 Å². The number of nitrogens with zero attached hydrogens (tertiary/aromatic N) is 1. The smallest absolute Gasteiger partial charge is 0.410 e. The highest BCUT2D eigenvalue weighted by Gasteiger charge is 2.33. The largest absolute Gasteiger partial charge is 0.463 e. The minimum atomic E-state index is -3.64. The molecule has 242 valence electrons. The summed E-state index contributed by atoms with van der Waals surface area (Å²) in [6.07, 6.45) is 3.31. The summed E-state index contributed by atoms with van der Waals surface area (Å²) in [6.45, 7) is 7.40. The maximum Gasteiger partial charge on any atom is 0.410 e. The molecule has 0 spiro atoms. The summed E-state index contributed by atoms with van der Waals surface area (Å²) < 4.78 is 56.4. The van der Waals surface area contributed by atoms with Gasteiger partial charge in [-0.05, 0) is 60.4 Å². The Kier molecular flexibility index (Phi) is 11.0. The van der Waals surface area contributed by atoms with E-state index in [9.17, 15) is 13.2 Å². The van der Waals surface area contributed by atoms with Crippen molar-refractivity contribution < 1.29 is 36.9 Å². The second-order valence-corrected chi connectivity index (χ2v) is 13.4. The molecular formula is C34H42N2O8S. The van der Waals surface area contributed by atoms with Gasteiger partial charge in [-0.3, -0.25) is 4.72 Å². The summed E-state index contributed by atoms with van der Waals surface area (Å²) in [5, 5.41) is 0. The third-order valence-electron chi connectivity index (χ3n) is 7.61. The van der Waals surface area contributed by atoms with Gasteiger partial charge in [0.1, 0.15) is 11.9 Å². The van der Waals surface area contributed by atoms with Crippen LogP contribution in [0.3, 0.4) is 0 Å². The standard InChI is InChI=1S/C34H42N2O8S/c1-34(2)42-25-28-22-27(15-16-31(28)44-34)32-23-36(33(37)43-32)17-8-3-4-9-18-40-19-20-41-24-26-11-10-12-29(21-26)35-45(38,39)30-13-6-5-7-14-30/h5-7,10-16,21-22,32,35H,3-4,8-9,17-20,23-25H2,1-2H3/t32-/m0/s1. The number of benzene rings is 3. The van der Waals surface area contributed by atoms with Gasteiger partial charge in [-0.15, -0.1) is 0 Å². The van der Waals surface area contributed by atoms with Gasteiger partial charge in [-0.25, -0.2) is 13.2 Å². The molecule has 0 aliphatic carbocycles. The topological polar surface area (TPSA) is 113 Å². The zero-order valence-electron chi connectivity index (χ0n) is 25.9. The van der Waals surface area contributed by atoms with Gasteiger partial charge in [0.15, 0.2) is 0 Å². The molecule has 1 fully saturated rings. The lowest BCUT2D eigenvalue weighted by Crippen LogP contribution is -2.35. The van der Waals surface area contributed by atoms with Crippen LogP contribution in [0.5, 0.6) is 5.75 Å². The van der Waals surface area contributed by atoms with Crippen molar-refractivity contribution in [3.63, 3.8) is 0 Å². The number of carbonyl (C=O) groups is 1. The molecule has 3 aromatic carbocycles. The Morgan fingerprint density at radius 1 is 0.911 bits per heavy atom. The van der Waals surface area contributed by atoms with E-state index in [1.807, 2.05) is 38.1 Å². The third-order valence-corrected chi connectivity index (χ3v) is 9.01. The second kappa shape index (κ2) is 15.1. The highest BCUT2D eigenvalue weighted by atomic mass is 32.2. The lowest BCUT2D eigenvalue weighted by Gasteiger charge is -2.32. The van der Waals surface area contributed by atoms with Gasteiger partial charge in [-0.2, -0.15) is 0 Å². The number of carbonyl (C=O) groups excluding carboxylic acids is 1. The summed E-state index contributed by atoms with van der Waals surface area (Å²) in [5.74, 6) is 0.168. The van der Waals surface area contributed by atoms with Gasteiger partial charge in [0.05, 0.1) is 37.9 Å². The molecule has 5 rings (SSSR count). The van der Waals surface area contributed by atoms with Crippen molar-refractivity contribution in [2.45, 2.75) is 69.5 Å². The molecule has 0 unspecified atom stereocenters. The van der Waals surface area contributed by atoms with E-state index >= 15 is 0 Å². The molecule has 1 saturated heterocycles. The number of nitrogens with one attached hydrogen (secondary N) is 1. The zero-order valence-corrected chi connectivity index (χ0v) is 26.7. The van der Waals surface area contributed by atoms with Crippen molar-refractivity contribution in [2.24, 2.45) is 0 Å². The fraction of sp³-hybridized carbons (Fsp3) is 0.441. The van der Waals surface area contributed by atoms with E-state index in [0.29, 0.717) is 51.8 Å². The maximum absolute atomic E-state index is 12.6. The van der Waals surface area contributed by atoms with Crippen molar-refractivity contribution in [1.82, 2.24) is 4.90 Å². The molecule has 0 saturated carbocycles. The minimum absolute atomic E-state index is 0.215. The average molecular weight is 639 g/mol. The first-order valence-electron chi connectivity index (χ1n) is 15.4. The number of anilines is 1. The van der Waals surface area contributed by atoms with E-state index in [0.717, 1.165) is 48.1 Å². The first kappa shape index (κ1) is 32.7. The van der Waals surface area contributed by atoms with Crippen LogP contribution in [0.25, 0.3) is 0 Å². The molecule has 3 aromatic rings. The van der Waals surface area contributed by atoms with E-state index in [1.165, 1.54) is 0 Å². The second-order valence-electron chi connectivity index (χ2n) is 11.7. The number of cyclic esters (lactones) is 1. The molecule has 1 amide bonds. The van der Waals surface area contributed by atoms with Crippen LogP contribution in [0.15, 0.2) is 77.7 Å². The lowest BCUT2D eigenvalue weighted by atomic mass is 10.0. The van der Waals surface area contributed by atoms with Crippen LogP contribution in [-0.4, -0.2) is 58.1 Å². The van der Waals surface area contributed by atoms with Crippen LogP contribution in [-0.2, 0) is 42.2 Å². The van der Waals surface area contributed by atoms with Crippen molar-refractivity contribution in [2.75, 3.05) is 37.6 Å². The molecule has 11 heteroatoms. The Balaban J connectivity index is 0.906. The lowest BCUT2D eigenvalue weighted by molar-refractivity contribution is -0.180. The van der Waals surface area contributed by atoms with Crippen molar-refractivity contribution in [3.05, 3.63) is 89.5 Å². The van der Waals surface area contributed by atoms with E-state index in [-0.39, 0.29) is 17.1 Å². The van der Waals surface area contributed by atoms with Crippen LogP contribution < -0.4 is 9.46 Å². The number of amides is 1. The predicted octanol–water partition coefficient (Wildman–Crippen LogP) is 6.42. The van der Waals surface area contributed by atoms with Crippen molar-refractivity contribution in [3.8, 4) is 5.75 Å². The molecular weight excluding hydrogens is 596 g/mol. The summed E-state index contributed by atoms with van der Waals surface area (Å²) in [6, 6.07) is 21.3. The first-order valence-corrected chi connectivity index (χ1v) is 16.9. The SMILES string of the molecule is CC1(C)OCc2cc([C@@H]3CN(CCCCCCOCCOCc4cccc(NS(=O)(=O)c5ccccc5)c4)C(=O)O3)ccc2O1. The molecule has 0 bridgehead atoms. The molecule has 0 radical (unpaired) electrons. The van der Waals surface area contributed by atoms with Gasteiger partial charge in [0.25, 0.3) is 10.0 Å². The van der Waals surface area contributed by atoms with E-state index < -0.39 is 15.8 Å². The third kappa shape index (κ3) is 9.43. The van der Waals surface area contributed by atoms with Gasteiger partial charge >= 0.3 is 6.09 Å². The minimum Gasteiger partial charge on any atom is -0.463 e. The Hall–Kier alpha value is -3.64. The highest BCUT2D eigenvalue weighted by molar-refractivity contribution is 7.92. The average Bonchev–Trinajstić information content (AvgIpc) is 3.39. The van der Waals surface area contributed by atoms with E-state index in [1.54, 1.807) is 53.4 Å². The highest BCUT2D eigenvalue weighted by Crippen LogP contribution is 2.35. The number of sulfonamides is 1. The number of fused-ring (bicyclic) bond motifs is 1. The fourth-order valence-electron chi connectivity index (χ4n) is 5.23. The van der Waals surface area contributed by atoms with Crippen molar-refractivity contribution >= 4 is 21.8 Å². The number of unbranched alkanes of at least 4 members (excludes halogenated alkanes) is 3. The first-order chi connectivity index (χ1) is 21.7. The van der Waals surface area contributed by atoms with Crippen LogP contribution in [0.4, 0.5) is 10.5 Å². The summed E-state index contributed by atoms with van der Waals surface area (Å²) in [5.41, 5.74) is 3.28. The molecule has 1 N–H and O–H groups in total. The van der Waals surface area contributed by atoms with E-state index in [2.05, 4.69) is 4.72 Å². The van der Waals surface area contributed by atoms with E-state index in [4.69, 9.17) is 23.7 Å². The molecule has 45 heavy (non-hydrogen) atoms. The molecule has 2 aliphatic rings. The molecule has 1 atom stereocenters. The van der Waals surface area contributed by atoms with Crippen LogP contribution >= 0.6 is 0 Å². The Bertz CT molecular complexity index is 1530. The Morgan fingerprint density at radius 3 is 2.56 bits per heavy atom. The quantitative estimate of drug-likeness (QED) is 0.179. The molecule has 2 aliphatic heterocycles. The molecule has 0 aromatic heterocycles. The fourth-order valence-corrected chi connectivity index (χ4v) is 6.30. The number of hydrogen-bond acceptors (Lipinski definition) is 8. The Morgan fingerprint density at radius 2 is 1.71 bits per heavy atom. The maximum atomic E-state index is 12.6. The van der Waals surface area contributed by atoms with Gasteiger partial charge in [0, 0.05) is 38.2 Å². The number of ether oxygens (including phenoxy) is 5. The van der Waals surface area contributed by atoms with Crippen LogP contribution in [0.2, 0.25) is 0 Å². The number of hydrogen-bond donors (Lipinski definition) is 1. The van der Waals surface area contributed by atoms with Gasteiger partial charge in [-0.1, -0.05) is 49.2 Å². The number of rotatable bonds is 16. The molecule has 10 nitrogen and oxygen atoms in total. The zero-order chi connectivity index (χ0) is 31.7. The predicted molar refractivity (Wildman–Crippen MR) is 169 cm³/mol. The van der Waals surface area contributed by atoms with Gasteiger partial charge in [0.2, 0.25) is 5.79 Å². The summed E-state index contributed by atoms with van der Waals surface area (Å²) in [4.78, 5) is 14.4. The summed E-state index contributed by atoms with van der Waals surface area (Å²) in [7, 11) is -3.64. The van der Waals surface area contributed by atoms with Crippen molar-refractivity contribution in [1.29, 1.82) is 0 Å². The Labute approximate surface area is 265 Å². The molecule has 2 heterocycles. The van der Waals surface area contributed by atoms with Gasteiger partial charge < -0.3 is 28.6 Å². The normalized spacial score (nSPS) is 17.4.